The summed E-state index contributed by atoms with van der Waals surface area (Å²) in [4.78, 5) is 4.69. The molecule has 2 aromatic rings. The second-order valence-corrected chi connectivity index (χ2v) is 8.93. The smallest absolute Gasteiger partial charge is 0.203 e. The molecule has 1 heterocycles. The first-order valence-electron chi connectivity index (χ1n) is 8.76. The molecule has 0 amide bonds. The number of hydrazone groups is 1. The summed E-state index contributed by atoms with van der Waals surface area (Å²) in [5, 5.41) is 7.75. The second kappa shape index (κ2) is 6.51. The van der Waals surface area contributed by atoms with E-state index in [4.69, 9.17) is 10.1 Å². The van der Waals surface area contributed by atoms with Crippen LogP contribution in [-0.2, 0) is 0 Å². The number of anilines is 1. The van der Waals surface area contributed by atoms with Crippen molar-refractivity contribution in [2.24, 2.45) is 21.8 Å². The van der Waals surface area contributed by atoms with E-state index < -0.39 is 0 Å². The van der Waals surface area contributed by atoms with Gasteiger partial charge >= 0.3 is 0 Å². The van der Waals surface area contributed by atoms with E-state index in [1.165, 1.54) is 24.1 Å². The van der Waals surface area contributed by atoms with Gasteiger partial charge in [-0.3, -0.25) is 5.43 Å². The molecule has 2 fully saturated rings. The highest BCUT2D eigenvalue weighted by atomic mass is 79.9. The van der Waals surface area contributed by atoms with Gasteiger partial charge in [-0.1, -0.05) is 50.6 Å². The average Bonchev–Trinajstić information content (AvgIpc) is 3.16. The number of hydrogen-bond acceptors (Lipinski definition) is 4. The largest absolute Gasteiger partial charge is 1.00 e. The van der Waals surface area contributed by atoms with Crippen LogP contribution < -0.4 is 22.4 Å². The van der Waals surface area contributed by atoms with Crippen molar-refractivity contribution in [3.8, 4) is 11.3 Å². The van der Waals surface area contributed by atoms with Gasteiger partial charge in [-0.2, -0.15) is 5.10 Å². The summed E-state index contributed by atoms with van der Waals surface area (Å²) in [5.74, 6) is 0.780. The van der Waals surface area contributed by atoms with Crippen molar-refractivity contribution in [1.82, 2.24) is 4.98 Å². The fraction of sp³-hybridized carbons (Fsp3) is 0.500. The lowest BCUT2D eigenvalue weighted by Gasteiger charge is -2.34. The zero-order valence-corrected chi connectivity index (χ0v) is 17.7. The van der Waals surface area contributed by atoms with Crippen LogP contribution in [0, 0.1) is 23.7 Å². The first kappa shape index (κ1) is 18.6. The molecular weight excluding hydrogens is 394 g/mol. The van der Waals surface area contributed by atoms with E-state index in [1.807, 2.05) is 0 Å². The van der Waals surface area contributed by atoms with E-state index in [1.54, 1.807) is 11.3 Å². The summed E-state index contributed by atoms with van der Waals surface area (Å²) in [5.41, 5.74) is 8.61. The molecule has 2 atom stereocenters. The molecule has 25 heavy (non-hydrogen) atoms. The van der Waals surface area contributed by atoms with Gasteiger partial charge in [-0.25, -0.2) is 4.98 Å². The first-order valence-corrected chi connectivity index (χ1v) is 9.64. The summed E-state index contributed by atoms with van der Waals surface area (Å²) < 4.78 is 0. The zero-order valence-electron chi connectivity index (χ0n) is 15.3. The third-order valence-corrected chi connectivity index (χ3v) is 7.40. The average molecular weight is 419 g/mol. The van der Waals surface area contributed by atoms with Crippen molar-refractivity contribution in [2.75, 3.05) is 5.43 Å². The van der Waals surface area contributed by atoms with Gasteiger partial charge in [0, 0.05) is 22.1 Å². The first-order chi connectivity index (χ1) is 11.4. The third kappa shape index (κ3) is 2.95. The Morgan fingerprint density at radius 3 is 2.52 bits per heavy atom. The van der Waals surface area contributed by atoms with E-state index in [0.717, 1.165) is 28.7 Å². The number of fused-ring (bicyclic) bond motifs is 2. The van der Waals surface area contributed by atoms with Crippen molar-refractivity contribution < 1.29 is 17.0 Å². The SMILES string of the molecule is Cc1ccc(-c2csc(N/N=C3\CC4CCC3(C)C4(C)C)n2)cc1.[Br-]. The van der Waals surface area contributed by atoms with E-state index in [-0.39, 0.29) is 22.4 Å². The van der Waals surface area contributed by atoms with Crippen molar-refractivity contribution in [3.05, 3.63) is 35.2 Å². The van der Waals surface area contributed by atoms with E-state index in [0.29, 0.717) is 5.41 Å². The highest BCUT2D eigenvalue weighted by Crippen LogP contribution is 2.63. The molecule has 1 aromatic heterocycles. The molecule has 2 bridgehead atoms. The Bertz CT molecular complexity index is 794. The highest BCUT2D eigenvalue weighted by Gasteiger charge is 2.59. The fourth-order valence-corrected chi connectivity index (χ4v) is 5.06. The van der Waals surface area contributed by atoms with Gasteiger partial charge in [0.05, 0.1) is 5.69 Å². The quantitative estimate of drug-likeness (QED) is 0.777. The van der Waals surface area contributed by atoms with Crippen LogP contribution in [0.4, 0.5) is 5.13 Å². The second-order valence-electron chi connectivity index (χ2n) is 8.07. The van der Waals surface area contributed by atoms with Crippen molar-refractivity contribution in [1.29, 1.82) is 0 Å². The molecule has 0 aliphatic heterocycles. The predicted molar refractivity (Wildman–Crippen MR) is 103 cm³/mol. The van der Waals surface area contributed by atoms with Crippen LogP contribution in [0.5, 0.6) is 0 Å². The third-order valence-electron chi connectivity index (χ3n) is 6.65. The fourth-order valence-electron chi connectivity index (χ4n) is 4.39. The van der Waals surface area contributed by atoms with Crippen LogP contribution in [0.1, 0.15) is 45.6 Å². The van der Waals surface area contributed by atoms with Gasteiger partial charge in [0.2, 0.25) is 5.13 Å². The molecule has 1 aromatic carbocycles. The van der Waals surface area contributed by atoms with Crippen LogP contribution in [0.3, 0.4) is 0 Å². The molecule has 2 saturated carbocycles. The lowest BCUT2D eigenvalue weighted by Crippen LogP contribution is -3.00. The Kier molecular flexibility index (Phi) is 4.84. The molecule has 0 saturated heterocycles. The minimum absolute atomic E-state index is 0. The molecule has 4 rings (SSSR count). The van der Waals surface area contributed by atoms with Crippen molar-refractivity contribution in [3.63, 3.8) is 0 Å². The number of hydrogen-bond donors (Lipinski definition) is 1. The maximum atomic E-state index is 4.78. The van der Waals surface area contributed by atoms with Gasteiger partial charge in [0.25, 0.3) is 0 Å². The minimum atomic E-state index is 0. The molecule has 2 aliphatic carbocycles. The Hall–Kier alpha value is -1.20. The van der Waals surface area contributed by atoms with Crippen molar-refractivity contribution >= 4 is 22.2 Å². The Morgan fingerprint density at radius 1 is 1.20 bits per heavy atom. The zero-order chi connectivity index (χ0) is 16.9. The van der Waals surface area contributed by atoms with Crippen LogP contribution in [0.15, 0.2) is 34.7 Å². The van der Waals surface area contributed by atoms with Crippen LogP contribution >= 0.6 is 11.3 Å². The summed E-state index contributed by atoms with van der Waals surface area (Å²) in [6.45, 7) is 9.31. The maximum absolute atomic E-state index is 4.78. The van der Waals surface area contributed by atoms with Gasteiger partial charge in [-0.05, 0) is 37.5 Å². The van der Waals surface area contributed by atoms with Crippen molar-refractivity contribution in [2.45, 2.75) is 47.0 Å². The predicted octanol–water partition coefficient (Wildman–Crippen LogP) is 2.74. The monoisotopic (exact) mass is 418 g/mol. The number of aromatic nitrogens is 1. The van der Waals surface area contributed by atoms with Gasteiger partial charge in [-0.15, -0.1) is 11.3 Å². The highest BCUT2D eigenvalue weighted by molar-refractivity contribution is 7.14. The van der Waals surface area contributed by atoms with Crippen LogP contribution in [0.2, 0.25) is 0 Å². The lowest BCUT2D eigenvalue weighted by molar-refractivity contribution is -0.00000524. The maximum Gasteiger partial charge on any atom is 0.203 e. The molecule has 5 heteroatoms. The topological polar surface area (TPSA) is 37.3 Å². The number of aryl methyl sites for hydroxylation is 1. The van der Waals surface area contributed by atoms with E-state index in [2.05, 4.69) is 62.8 Å². The molecule has 134 valence electrons. The number of nitrogens with one attached hydrogen (secondary N) is 1. The summed E-state index contributed by atoms with van der Waals surface area (Å²) in [7, 11) is 0. The van der Waals surface area contributed by atoms with Crippen LogP contribution in [0.25, 0.3) is 11.3 Å². The van der Waals surface area contributed by atoms with Gasteiger partial charge < -0.3 is 17.0 Å². The van der Waals surface area contributed by atoms with Crippen LogP contribution in [-0.4, -0.2) is 10.7 Å². The molecule has 2 aliphatic rings. The molecule has 0 radical (unpaired) electrons. The summed E-state index contributed by atoms with van der Waals surface area (Å²) >= 11 is 1.62. The Morgan fingerprint density at radius 2 is 1.92 bits per heavy atom. The normalized spacial score (nSPS) is 28.2. The summed E-state index contributed by atoms with van der Waals surface area (Å²) in [6.07, 6.45) is 3.74. The molecule has 0 spiro atoms. The standard InChI is InChI=1S/C20H25N3S.BrH/c1-13-5-7-14(8-6-13)16-12-24-18(21-16)23-22-17-11-15-9-10-20(17,4)19(15,2)3;/h5-8,12,15H,9-11H2,1-4H3,(H,21,23);1H/p-1/b22-17+;. The van der Waals surface area contributed by atoms with Gasteiger partial charge in [0.1, 0.15) is 0 Å². The molecule has 1 N–H and O–H groups in total. The molecule has 2 unspecified atom stereocenters. The van der Waals surface area contributed by atoms with E-state index >= 15 is 0 Å². The lowest BCUT2D eigenvalue weighted by atomic mass is 9.70. The number of rotatable bonds is 3. The number of nitrogens with zero attached hydrogens (tertiary/aromatic N) is 2. The minimum Gasteiger partial charge on any atom is -1.00 e. The molecular formula is C20H25BrN3S-. The number of thiazole rings is 1. The Balaban J connectivity index is 0.00000182. The number of benzene rings is 1. The Labute approximate surface area is 164 Å². The van der Waals surface area contributed by atoms with Gasteiger partial charge in [0.15, 0.2) is 0 Å². The number of halogens is 1. The van der Waals surface area contributed by atoms with E-state index in [9.17, 15) is 0 Å². The molecule has 3 nitrogen and oxygen atoms in total. The summed E-state index contributed by atoms with van der Waals surface area (Å²) in [6, 6.07) is 8.50.